The normalized spacial score (nSPS) is 17.6. The molecule has 8 nitrogen and oxygen atoms in total. The number of halogens is 1. The van der Waals surface area contributed by atoms with Crippen molar-refractivity contribution in [3.05, 3.63) is 52.4 Å². The predicted molar refractivity (Wildman–Crippen MR) is 142 cm³/mol. The van der Waals surface area contributed by atoms with Crippen molar-refractivity contribution in [2.24, 2.45) is 5.92 Å². The van der Waals surface area contributed by atoms with Gasteiger partial charge in [-0.2, -0.15) is 10.2 Å². The fraction of sp³-hybridized carbons (Fsp3) is 0.556. The quantitative estimate of drug-likeness (QED) is 0.532. The fourth-order valence-corrected chi connectivity index (χ4v) is 5.33. The van der Waals surface area contributed by atoms with E-state index in [0.717, 1.165) is 31.2 Å². The molecule has 3 heterocycles. The highest BCUT2D eigenvalue weighted by Gasteiger charge is 2.26. The average molecular weight is 510 g/mol. The molecule has 0 bridgehead atoms. The van der Waals surface area contributed by atoms with Crippen LogP contribution in [0.4, 0.5) is 5.82 Å². The zero-order valence-corrected chi connectivity index (χ0v) is 22.0. The summed E-state index contributed by atoms with van der Waals surface area (Å²) in [4.78, 5) is 26.5. The maximum Gasteiger partial charge on any atom is 0.269 e. The van der Waals surface area contributed by atoms with Gasteiger partial charge in [-0.3, -0.25) is 20.1 Å². The van der Waals surface area contributed by atoms with Crippen molar-refractivity contribution in [1.29, 1.82) is 5.26 Å². The van der Waals surface area contributed by atoms with E-state index >= 15 is 0 Å². The number of hydrazine groups is 1. The molecule has 0 radical (unpaired) electrons. The number of likely N-dealkylation sites (tertiary alicyclic amines) is 2. The summed E-state index contributed by atoms with van der Waals surface area (Å²) in [5.74, 6) is 0.303. The number of piperidine rings is 2. The van der Waals surface area contributed by atoms with Gasteiger partial charge in [-0.05, 0) is 75.5 Å². The number of nitriles is 1. The second kappa shape index (κ2) is 12.5. The minimum atomic E-state index is -0.241. The number of rotatable bonds is 8. The maximum atomic E-state index is 13.2. The molecule has 4 rings (SSSR count). The van der Waals surface area contributed by atoms with Gasteiger partial charge in [0.05, 0.1) is 6.20 Å². The Morgan fingerprint density at radius 2 is 1.97 bits per heavy atom. The van der Waals surface area contributed by atoms with E-state index in [1.165, 1.54) is 51.4 Å². The van der Waals surface area contributed by atoms with Crippen molar-refractivity contribution in [3.63, 3.8) is 0 Å². The van der Waals surface area contributed by atoms with E-state index in [1.54, 1.807) is 5.01 Å². The lowest BCUT2D eigenvalue weighted by Gasteiger charge is -2.40. The Morgan fingerprint density at radius 3 is 2.67 bits per heavy atom. The van der Waals surface area contributed by atoms with Crippen LogP contribution in [0.3, 0.4) is 0 Å². The molecule has 36 heavy (non-hydrogen) atoms. The first-order valence-corrected chi connectivity index (χ1v) is 13.4. The van der Waals surface area contributed by atoms with Crippen LogP contribution in [-0.4, -0.2) is 64.4 Å². The molecule has 0 unspecified atom stereocenters. The zero-order valence-electron chi connectivity index (χ0n) is 21.3. The van der Waals surface area contributed by atoms with Gasteiger partial charge in [0.2, 0.25) is 5.82 Å². The molecule has 2 aliphatic heterocycles. The second-order valence-electron chi connectivity index (χ2n) is 10.2. The SMILES string of the molecule is CC(C)CN(NC(=O)c1cccc(CN2CCC(N3CCCCC3)CC2)c1)c1nc(C#N)ncc1Cl. The number of carbonyl (C=O) groups excluding carboxylic acids is 1. The Balaban J connectivity index is 1.39. The standard InChI is InChI=1S/C27H36ClN7O/c1-20(2)18-35(26-24(28)17-30-25(16-29)31-26)32-27(36)22-8-6-7-21(15-22)19-33-13-9-23(10-14-33)34-11-4-3-5-12-34/h6-8,15,17,20,23H,3-5,9-14,18-19H2,1-2H3,(H,32,36). The number of carbonyl (C=O) groups is 1. The van der Waals surface area contributed by atoms with Gasteiger partial charge in [-0.1, -0.05) is 44.0 Å². The van der Waals surface area contributed by atoms with Crippen LogP contribution in [0, 0.1) is 17.2 Å². The number of hydrogen-bond acceptors (Lipinski definition) is 7. The first-order chi connectivity index (χ1) is 17.4. The van der Waals surface area contributed by atoms with Gasteiger partial charge >= 0.3 is 0 Å². The molecule has 2 aromatic rings. The van der Waals surface area contributed by atoms with Crippen LogP contribution in [0.15, 0.2) is 30.5 Å². The molecular weight excluding hydrogens is 474 g/mol. The minimum absolute atomic E-state index is 0.00320. The molecule has 1 aromatic heterocycles. The van der Waals surface area contributed by atoms with Gasteiger partial charge in [0.15, 0.2) is 5.82 Å². The molecule has 1 N–H and O–H groups in total. The van der Waals surface area contributed by atoms with Crippen molar-refractivity contribution >= 4 is 23.3 Å². The summed E-state index contributed by atoms with van der Waals surface area (Å²) >= 11 is 6.32. The average Bonchev–Trinajstić information content (AvgIpc) is 2.89. The number of amides is 1. The fourth-order valence-electron chi connectivity index (χ4n) is 5.13. The van der Waals surface area contributed by atoms with Gasteiger partial charge in [0.25, 0.3) is 5.91 Å². The van der Waals surface area contributed by atoms with Crippen molar-refractivity contribution in [2.45, 2.75) is 58.5 Å². The summed E-state index contributed by atoms with van der Waals surface area (Å²) in [5.41, 5.74) is 4.64. The highest BCUT2D eigenvalue weighted by atomic mass is 35.5. The van der Waals surface area contributed by atoms with Gasteiger partial charge in [0.1, 0.15) is 11.1 Å². The van der Waals surface area contributed by atoms with E-state index in [1.807, 2.05) is 38.1 Å². The Morgan fingerprint density at radius 1 is 1.22 bits per heavy atom. The van der Waals surface area contributed by atoms with E-state index in [2.05, 4.69) is 31.3 Å². The summed E-state index contributed by atoms with van der Waals surface area (Å²) in [7, 11) is 0. The van der Waals surface area contributed by atoms with Crippen molar-refractivity contribution in [3.8, 4) is 6.07 Å². The largest absolute Gasteiger partial charge is 0.300 e. The molecule has 192 valence electrons. The van der Waals surface area contributed by atoms with E-state index in [0.29, 0.717) is 17.9 Å². The van der Waals surface area contributed by atoms with Crippen molar-refractivity contribution < 1.29 is 4.79 Å². The molecule has 2 fully saturated rings. The minimum Gasteiger partial charge on any atom is -0.300 e. The molecule has 0 aliphatic carbocycles. The maximum absolute atomic E-state index is 13.2. The molecular formula is C27H36ClN7O. The van der Waals surface area contributed by atoms with E-state index in [4.69, 9.17) is 11.6 Å². The molecule has 0 spiro atoms. The van der Waals surface area contributed by atoms with Crippen LogP contribution in [0.25, 0.3) is 0 Å². The van der Waals surface area contributed by atoms with Crippen LogP contribution in [0.2, 0.25) is 5.02 Å². The third kappa shape index (κ3) is 6.94. The van der Waals surface area contributed by atoms with E-state index in [-0.39, 0.29) is 22.7 Å². The lowest BCUT2D eigenvalue weighted by atomic mass is 9.99. The summed E-state index contributed by atoms with van der Waals surface area (Å²) in [6.07, 6.45) is 7.88. The lowest BCUT2D eigenvalue weighted by Crippen LogP contribution is -2.46. The highest BCUT2D eigenvalue weighted by molar-refractivity contribution is 6.32. The van der Waals surface area contributed by atoms with E-state index in [9.17, 15) is 10.1 Å². The number of hydrogen-bond donors (Lipinski definition) is 1. The van der Waals surface area contributed by atoms with Crippen LogP contribution in [0.5, 0.6) is 0 Å². The monoisotopic (exact) mass is 509 g/mol. The summed E-state index contributed by atoms with van der Waals surface area (Å²) < 4.78 is 0. The summed E-state index contributed by atoms with van der Waals surface area (Å²) in [5, 5.41) is 11.1. The van der Waals surface area contributed by atoms with Crippen LogP contribution >= 0.6 is 11.6 Å². The molecule has 0 saturated carbocycles. The Hall–Kier alpha value is -2.73. The van der Waals surface area contributed by atoms with Gasteiger partial charge in [-0.25, -0.2) is 4.98 Å². The van der Waals surface area contributed by atoms with Crippen LogP contribution < -0.4 is 10.4 Å². The first kappa shape index (κ1) is 26.3. The summed E-state index contributed by atoms with van der Waals surface area (Å²) in [6, 6.07) is 10.4. The zero-order chi connectivity index (χ0) is 25.5. The van der Waals surface area contributed by atoms with Gasteiger partial charge < -0.3 is 4.90 Å². The lowest BCUT2D eigenvalue weighted by molar-refractivity contribution is 0.0895. The van der Waals surface area contributed by atoms with Crippen LogP contribution in [-0.2, 0) is 6.54 Å². The predicted octanol–water partition coefficient (Wildman–Crippen LogP) is 4.26. The Labute approximate surface area is 219 Å². The Bertz CT molecular complexity index is 1070. The molecule has 1 amide bonds. The summed E-state index contributed by atoms with van der Waals surface area (Å²) in [6.45, 7) is 10.1. The highest BCUT2D eigenvalue weighted by Crippen LogP contribution is 2.24. The van der Waals surface area contributed by atoms with Crippen LogP contribution in [0.1, 0.15) is 67.7 Å². The second-order valence-corrected chi connectivity index (χ2v) is 10.6. The number of nitrogens with one attached hydrogen (secondary N) is 1. The molecule has 1 aromatic carbocycles. The molecule has 0 atom stereocenters. The van der Waals surface area contributed by atoms with Gasteiger partial charge in [-0.15, -0.1) is 0 Å². The van der Waals surface area contributed by atoms with E-state index < -0.39 is 0 Å². The third-order valence-corrected chi connectivity index (χ3v) is 7.19. The topological polar surface area (TPSA) is 88.4 Å². The molecule has 2 aliphatic rings. The molecule has 2 saturated heterocycles. The van der Waals surface area contributed by atoms with Crippen molar-refractivity contribution in [2.75, 3.05) is 37.7 Å². The smallest absolute Gasteiger partial charge is 0.269 e. The number of anilines is 1. The Kier molecular flexibility index (Phi) is 9.13. The molecule has 9 heteroatoms. The van der Waals surface area contributed by atoms with Gasteiger partial charge in [0, 0.05) is 24.7 Å². The number of benzene rings is 1. The van der Waals surface area contributed by atoms with Crippen molar-refractivity contribution in [1.82, 2.24) is 25.2 Å². The third-order valence-electron chi connectivity index (χ3n) is 6.92. The number of nitrogens with zero attached hydrogens (tertiary/aromatic N) is 6. The first-order valence-electron chi connectivity index (χ1n) is 13.0. The number of aromatic nitrogens is 2.